The van der Waals surface area contributed by atoms with Crippen molar-refractivity contribution in [2.24, 2.45) is 5.92 Å². The van der Waals surface area contributed by atoms with Gasteiger partial charge in [0.1, 0.15) is 11.8 Å². The number of esters is 1. The lowest BCUT2D eigenvalue weighted by Crippen LogP contribution is -2.51. The van der Waals surface area contributed by atoms with Crippen molar-refractivity contribution in [3.8, 4) is 5.75 Å². The molecule has 2 N–H and O–H groups in total. The van der Waals surface area contributed by atoms with Gasteiger partial charge in [-0.2, -0.15) is 0 Å². The number of carbonyl (C=O) groups is 4. The molecule has 9 heteroatoms. The van der Waals surface area contributed by atoms with Gasteiger partial charge in [-0.15, -0.1) is 0 Å². The summed E-state index contributed by atoms with van der Waals surface area (Å²) in [5.41, 5.74) is 0.897. The minimum absolute atomic E-state index is 0.0224. The third-order valence-electron chi connectivity index (χ3n) is 5.19. The van der Waals surface area contributed by atoms with Crippen molar-refractivity contribution in [2.45, 2.75) is 26.0 Å². The number of para-hydroxylation sites is 2. The fraction of sp³-hybridized carbons (Fsp3) is 0.333. The van der Waals surface area contributed by atoms with Crippen LogP contribution in [0.2, 0.25) is 0 Å². The van der Waals surface area contributed by atoms with Gasteiger partial charge >= 0.3 is 5.97 Å². The molecule has 0 fully saturated rings. The molecule has 0 saturated carbocycles. The van der Waals surface area contributed by atoms with Crippen LogP contribution >= 0.6 is 0 Å². The number of fused-ring (bicyclic) bond motifs is 1. The third kappa shape index (κ3) is 5.68. The molecule has 9 nitrogen and oxygen atoms in total. The molecule has 2 atom stereocenters. The molecule has 1 aliphatic heterocycles. The van der Waals surface area contributed by atoms with E-state index in [0.29, 0.717) is 17.0 Å². The van der Waals surface area contributed by atoms with Crippen molar-refractivity contribution in [3.63, 3.8) is 0 Å². The maximum Gasteiger partial charge on any atom is 0.329 e. The Morgan fingerprint density at radius 2 is 1.73 bits per heavy atom. The molecule has 0 spiro atoms. The molecular formula is C24H27N3O6. The van der Waals surface area contributed by atoms with Crippen LogP contribution in [0.4, 0.5) is 5.69 Å². The highest BCUT2D eigenvalue weighted by molar-refractivity contribution is 6.00. The first-order valence-electron chi connectivity index (χ1n) is 10.6. The normalized spacial score (nSPS) is 15.6. The summed E-state index contributed by atoms with van der Waals surface area (Å²) in [4.78, 5) is 51.6. The van der Waals surface area contributed by atoms with Gasteiger partial charge in [-0.3, -0.25) is 14.4 Å². The zero-order valence-corrected chi connectivity index (χ0v) is 18.7. The van der Waals surface area contributed by atoms with Gasteiger partial charge in [0, 0.05) is 12.6 Å². The van der Waals surface area contributed by atoms with E-state index in [1.165, 1.54) is 11.9 Å². The molecule has 1 heterocycles. The monoisotopic (exact) mass is 453 g/mol. The summed E-state index contributed by atoms with van der Waals surface area (Å²) in [5, 5.41) is 5.18. The molecular weight excluding hydrogens is 426 g/mol. The van der Waals surface area contributed by atoms with Crippen LogP contribution in [0, 0.1) is 5.92 Å². The Morgan fingerprint density at radius 1 is 1.06 bits per heavy atom. The Bertz CT molecular complexity index is 1020. The molecule has 0 bridgehead atoms. The fourth-order valence-electron chi connectivity index (χ4n) is 3.38. The highest BCUT2D eigenvalue weighted by Gasteiger charge is 2.34. The number of hydrogen-bond donors (Lipinski definition) is 2. The van der Waals surface area contributed by atoms with E-state index in [4.69, 9.17) is 9.47 Å². The summed E-state index contributed by atoms with van der Waals surface area (Å²) in [7, 11) is 1.48. The third-order valence-corrected chi connectivity index (χ3v) is 5.19. The molecule has 2 aromatic rings. The zero-order chi connectivity index (χ0) is 24.0. The van der Waals surface area contributed by atoms with E-state index in [9.17, 15) is 19.2 Å². The molecule has 0 aromatic heterocycles. The first kappa shape index (κ1) is 23.8. The minimum atomic E-state index is -0.930. The maximum atomic E-state index is 12.9. The molecule has 174 valence electrons. The fourth-order valence-corrected chi connectivity index (χ4v) is 3.38. The van der Waals surface area contributed by atoms with E-state index in [1.807, 2.05) is 0 Å². The second-order valence-electron chi connectivity index (χ2n) is 7.86. The number of rotatable bonds is 7. The number of anilines is 1. The zero-order valence-electron chi connectivity index (χ0n) is 18.7. The predicted molar refractivity (Wildman–Crippen MR) is 121 cm³/mol. The first-order valence-corrected chi connectivity index (χ1v) is 10.6. The number of nitrogens with one attached hydrogen (secondary N) is 2. The van der Waals surface area contributed by atoms with Gasteiger partial charge in [0.15, 0.2) is 12.7 Å². The molecule has 3 rings (SSSR count). The number of amides is 3. The Morgan fingerprint density at radius 3 is 2.39 bits per heavy atom. The van der Waals surface area contributed by atoms with Crippen molar-refractivity contribution in [3.05, 3.63) is 60.2 Å². The SMILES string of the molecule is CNC(=O)C1CN(C(=O)COC(=O)C(NC(=O)c2ccccc2)C(C)C)c2ccccc2O1. The second-order valence-corrected chi connectivity index (χ2v) is 7.86. The van der Waals surface area contributed by atoms with Crippen LogP contribution in [-0.2, 0) is 19.1 Å². The average molecular weight is 453 g/mol. The molecule has 33 heavy (non-hydrogen) atoms. The lowest BCUT2D eigenvalue weighted by Gasteiger charge is -2.34. The quantitative estimate of drug-likeness (QED) is 0.615. The molecule has 0 radical (unpaired) electrons. The Balaban J connectivity index is 1.67. The molecule has 0 saturated heterocycles. The number of nitrogens with zero attached hydrogens (tertiary/aromatic N) is 1. The second kappa shape index (κ2) is 10.6. The Kier molecular flexibility index (Phi) is 7.66. The average Bonchev–Trinajstić information content (AvgIpc) is 2.84. The van der Waals surface area contributed by atoms with Gasteiger partial charge in [0.2, 0.25) is 0 Å². The maximum absolute atomic E-state index is 12.9. The number of hydrogen-bond acceptors (Lipinski definition) is 6. The molecule has 1 aliphatic rings. The summed E-state index contributed by atoms with van der Waals surface area (Å²) < 4.78 is 11.0. The standard InChI is InChI=1S/C24H27N3O6/c1-15(2)21(26-22(29)16-9-5-4-6-10-16)24(31)32-14-20(28)27-13-19(23(30)25-3)33-18-12-8-7-11-17(18)27/h4-12,15,19,21H,13-14H2,1-3H3,(H,25,30)(H,26,29). The van der Waals surface area contributed by atoms with Crippen LogP contribution in [0.5, 0.6) is 5.75 Å². The number of likely N-dealkylation sites (N-methyl/N-ethyl adjacent to an activating group) is 1. The van der Waals surface area contributed by atoms with Gasteiger partial charge in [0.05, 0.1) is 12.2 Å². The van der Waals surface area contributed by atoms with Crippen molar-refractivity contribution in [1.29, 1.82) is 0 Å². The molecule has 2 unspecified atom stereocenters. The van der Waals surface area contributed by atoms with E-state index in [0.717, 1.165) is 0 Å². The van der Waals surface area contributed by atoms with E-state index in [2.05, 4.69) is 10.6 Å². The first-order chi connectivity index (χ1) is 15.8. The van der Waals surface area contributed by atoms with Gasteiger partial charge in [-0.25, -0.2) is 4.79 Å². The van der Waals surface area contributed by atoms with Crippen LogP contribution in [0.15, 0.2) is 54.6 Å². The minimum Gasteiger partial charge on any atom is -0.477 e. The van der Waals surface area contributed by atoms with Crippen molar-refractivity contribution in [1.82, 2.24) is 10.6 Å². The largest absolute Gasteiger partial charge is 0.477 e. The molecule has 0 aliphatic carbocycles. The predicted octanol–water partition coefficient (Wildman–Crippen LogP) is 1.52. The van der Waals surface area contributed by atoms with Crippen LogP contribution in [0.3, 0.4) is 0 Å². The smallest absolute Gasteiger partial charge is 0.329 e. The summed E-state index contributed by atoms with van der Waals surface area (Å²) in [6, 6.07) is 14.4. The summed E-state index contributed by atoms with van der Waals surface area (Å²) in [5.74, 6) is -1.89. The molecule has 2 aromatic carbocycles. The van der Waals surface area contributed by atoms with Crippen molar-refractivity contribution in [2.75, 3.05) is 25.1 Å². The topological polar surface area (TPSA) is 114 Å². The lowest BCUT2D eigenvalue weighted by atomic mass is 10.0. The van der Waals surface area contributed by atoms with Crippen molar-refractivity contribution < 1.29 is 28.7 Å². The summed E-state index contributed by atoms with van der Waals surface area (Å²) in [6.07, 6.45) is -0.891. The highest BCUT2D eigenvalue weighted by atomic mass is 16.5. The summed E-state index contributed by atoms with van der Waals surface area (Å²) >= 11 is 0. The summed E-state index contributed by atoms with van der Waals surface area (Å²) in [6.45, 7) is 2.97. The van der Waals surface area contributed by atoms with Gasteiger partial charge < -0.3 is 25.0 Å². The van der Waals surface area contributed by atoms with E-state index >= 15 is 0 Å². The van der Waals surface area contributed by atoms with E-state index < -0.39 is 36.5 Å². The van der Waals surface area contributed by atoms with Crippen LogP contribution < -0.4 is 20.3 Å². The van der Waals surface area contributed by atoms with Crippen molar-refractivity contribution >= 4 is 29.4 Å². The Labute approximate surface area is 192 Å². The number of benzene rings is 2. The number of carbonyl (C=O) groups excluding carboxylic acids is 4. The van der Waals surface area contributed by atoms with Gasteiger partial charge in [-0.1, -0.05) is 44.2 Å². The van der Waals surface area contributed by atoms with Crippen LogP contribution in [0.1, 0.15) is 24.2 Å². The van der Waals surface area contributed by atoms with E-state index in [-0.39, 0.29) is 18.4 Å². The van der Waals surface area contributed by atoms with E-state index in [1.54, 1.807) is 68.4 Å². The highest BCUT2D eigenvalue weighted by Crippen LogP contribution is 2.33. The van der Waals surface area contributed by atoms with Crippen LogP contribution in [0.25, 0.3) is 0 Å². The number of ether oxygens (including phenoxy) is 2. The van der Waals surface area contributed by atoms with Gasteiger partial charge in [0.25, 0.3) is 17.7 Å². The molecule has 3 amide bonds. The lowest BCUT2D eigenvalue weighted by molar-refractivity contribution is -0.151. The Hall–Kier alpha value is -3.88. The van der Waals surface area contributed by atoms with Gasteiger partial charge in [-0.05, 0) is 30.2 Å². The van der Waals surface area contributed by atoms with Crippen LogP contribution in [-0.4, -0.2) is 56.0 Å².